The molecule has 0 fully saturated rings. The van der Waals surface area contributed by atoms with E-state index in [9.17, 15) is 0 Å². The number of aromatic nitrogens is 2. The summed E-state index contributed by atoms with van der Waals surface area (Å²) in [6, 6.07) is 7.60. The van der Waals surface area contributed by atoms with Crippen LogP contribution >= 0.6 is 0 Å². The Morgan fingerprint density at radius 1 is 1.37 bits per heavy atom. The highest BCUT2D eigenvalue weighted by molar-refractivity contribution is 5.99. The fraction of sp³-hybridized carbons (Fsp3) is 0.214. The van der Waals surface area contributed by atoms with Crippen LogP contribution in [0.2, 0.25) is 0 Å². The van der Waals surface area contributed by atoms with E-state index < -0.39 is 0 Å². The second-order valence-corrected chi connectivity index (χ2v) is 4.45. The molecule has 0 saturated heterocycles. The van der Waals surface area contributed by atoms with Crippen molar-refractivity contribution in [3.8, 4) is 0 Å². The summed E-state index contributed by atoms with van der Waals surface area (Å²) in [6.07, 6.45) is 3.56. The molecule has 0 amide bonds. The number of nitrogens with one attached hydrogen (secondary N) is 1. The maximum absolute atomic E-state index is 7.62. The lowest BCUT2D eigenvalue weighted by Crippen LogP contribution is -2.23. The predicted octanol–water partition coefficient (Wildman–Crippen LogP) is 1.71. The lowest BCUT2D eigenvalue weighted by molar-refractivity contribution is 0.884. The number of anilines is 1. The number of nitrogens with two attached hydrogens (primary N) is 1. The quantitative estimate of drug-likeness (QED) is 0.644. The first-order valence-electron chi connectivity index (χ1n) is 6.00. The van der Waals surface area contributed by atoms with Crippen molar-refractivity contribution in [2.24, 2.45) is 5.73 Å². The summed E-state index contributed by atoms with van der Waals surface area (Å²) in [4.78, 5) is 10.5. The summed E-state index contributed by atoms with van der Waals surface area (Å²) in [5, 5.41) is 7.62. The molecule has 0 bridgehead atoms. The number of nitrogens with zero attached hydrogens (tertiary/aromatic N) is 3. The minimum atomic E-state index is 0.0283. The van der Waals surface area contributed by atoms with Gasteiger partial charge >= 0.3 is 0 Å². The first-order chi connectivity index (χ1) is 9.08. The van der Waals surface area contributed by atoms with Crippen LogP contribution in [0.4, 0.5) is 5.82 Å². The Hall–Kier alpha value is -2.43. The Morgan fingerprint density at radius 3 is 2.79 bits per heavy atom. The van der Waals surface area contributed by atoms with E-state index in [4.69, 9.17) is 11.1 Å². The van der Waals surface area contributed by atoms with Crippen LogP contribution in [0.15, 0.2) is 36.7 Å². The fourth-order valence-corrected chi connectivity index (χ4v) is 1.88. The van der Waals surface area contributed by atoms with E-state index in [2.05, 4.69) is 9.97 Å². The zero-order valence-electron chi connectivity index (χ0n) is 11.1. The number of hydrogen-bond acceptors (Lipinski definition) is 4. The molecule has 0 atom stereocenters. The van der Waals surface area contributed by atoms with E-state index in [0.717, 1.165) is 17.1 Å². The molecule has 2 aromatic rings. The van der Waals surface area contributed by atoms with Gasteiger partial charge in [-0.1, -0.05) is 6.07 Å². The van der Waals surface area contributed by atoms with Crippen molar-refractivity contribution in [1.82, 2.24) is 9.97 Å². The Bertz CT molecular complexity index is 580. The van der Waals surface area contributed by atoms with Crippen LogP contribution in [0.1, 0.15) is 16.8 Å². The molecule has 5 heteroatoms. The molecule has 3 N–H and O–H groups in total. The summed E-state index contributed by atoms with van der Waals surface area (Å²) in [5.74, 6) is 0.747. The smallest absolute Gasteiger partial charge is 0.139 e. The third kappa shape index (κ3) is 3.07. The van der Waals surface area contributed by atoms with Gasteiger partial charge in [-0.25, -0.2) is 4.98 Å². The van der Waals surface area contributed by atoms with Gasteiger partial charge in [-0.3, -0.25) is 10.4 Å². The summed E-state index contributed by atoms with van der Waals surface area (Å²) in [7, 11) is 1.93. The van der Waals surface area contributed by atoms with E-state index in [-0.39, 0.29) is 5.84 Å². The molecule has 0 saturated carbocycles. The molecular weight excluding hydrogens is 238 g/mol. The monoisotopic (exact) mass is 255 g/mol. The summed E-state index contributed by atoms with van der Waals surface area (Å²) in [6.45, 7) is 2.59. The van der Waals surface area contributed by atoms with E-state index in [1.54, 1.807) is 6.20 Å². The van der Waals surface area contributed by atoms with E-state index in [0.29, 0.717) is 12.1 Å². The van der Waals surface area contributed by atoms with Crippen molar-refractivity contribution in [2.75, 3.05) is 11.9 Å². The van der Waals surface area contributed by atoms with Gasteiger partial charge in [-0.2, -0.15) is 0 Å². The highest BCUT2D eigenvalue weighted by atomic mass is 15.2. The van der Waals surface area contributed by atoms with E-state index in [1.165, 1.54) is 0 Å². The Kier molecular flexibility index (Phi) is 3.75. The van der Waals surface area contributed by atoms with Crippen molar-refractivity contribution in [3.63, 3.8) is 0 Å². The molecule has 98 valence electrons. The normalized spacial score (nSPS) is 10.2. The van der Waals surface area contributed by atoms with Gasteiger partial charge in [-0.15, -0.1) is 0 Å². The molecule has 2 aromatic heterocycles. The van der Waals surface area contributed by atoms with Crippen molar-refractivity contribution >= 4 is 11.7 Å². The van der Waals surface area contributed by atoms with E-state index >= 15 is 0 Å². The number of hydrogen-bond donors (Lipinski definition) is 2. The number of amidine groups is 1. The molecule has 0 radical (unpaired) electrons. The third-order valence-corrected chi connectivity index (χ3v) is 2.81. The van der Waals surface area contributed by atoms with Crippen molar-refractivity contribution in [2.45, 2.75) is 13.5 Å². The topological polar surface area (TPSA) is 78.9 Å². The average molecular weight is 255 g/mol. The molecule has 19 heavy (non-hydrogen) atoms. The SMILES string of the molecule is Cc1ccc(C(=N)N)c(N(C)Cc2cccnc2)n1. The van der Waals surface area contributed by atoms with Crippen molar-refractivity contribution in [3.05, 3.63) is 53.5 Å². The number of nitrogen functional groups attached to an aromatic ring is 1. The van der Waals surface area contributed by atoms with Gasteiger partial charge in [0.2, 0.25) is 0 Å². The average Bonchev–Trinajstić information content (AvgIpc) is 2.39. The molecule has 0 aliphatic rings. The minimum Gasteiger partial charge on any atom is -0.384 e. The van der Waals surface area contributed by atoms with Crippen LogP contribution in [0, 0.1) is 12.3 Å². The molecule has 0 aromatic carbocycles. The van der Waals surface area contributed by atoms with Gasteiger partial charge in [0.15, 0.2) is 0 Å². The third-order valence-electron chi connectivity index (χ3n) is 2.81. The number of aryl methyl sites for hydroxylation is 1. The first-order valence-corrected chi connectivity index (χ1v) is 6.00. The van der Waals surface area contributed by atoms with Crippen LogP contribution < -0.4 is 10.6 Å². The number of pyridine rings is 2. The van der Waals surface area contributed by atoms with Gasteiger partial charge in [0, 0.05) is 31.7 Å². The Labute approximate surface area is 112 Å². The highest BCUT2D eigenvalue weighted by Crippen LogP contribution is 2.18. The highest BCUT2D eigenvalue weighted by Gasteiger charge is 2.12. The van der Waals surface area contributed by atoms with Crippen molar-refractivity contribution < 1.29 is 0 Å². The van der Waals surface area contributed by atoms with Crippen molar-refractivity contribution in [1.29, 1.82) is 5.41 Å². The maximum Gasteiger partial charge on any atom is 0.139 e. The minimum absolute atomic E-state index is 0.0283. The Morgan fingerprint density at radius 2 is 2.16 bits per heavy atom. The molecule has 0 aliphatic heterocycles. The Balaban J connectivity index is 2.30. The zero-order chi connectivity index (χ0) is 13.8. The lowest BCUT2D eigenvalue weighted by Gasteiger charge is -2.21. The van der Waals surface area contributed by atoms with Crippen LogP contribution in [-0.2, 0) is 6.54 Å². The van der Waals surface area contributed by atoms with Gasteiger partial charge in [-0.05, 0) is 30.7 Å². The second kappa shape index (κ2) is 5.48. The maximum atomic E-state index is 7.62. The second-order valence-electron chi connectivity index (χ2n) is 4.45. The standard InChI is InChI=1S/C14H17N5/c1-10-5-6-12(13(15)16)14(18-10)19(2)9-11-4-3-7-17-8-11/h3-8H,9H2,1-2H3,(H3,15,16). The lowest BCUT2D eigenvalue weighted by atomic mass is 10.2. The van der Waals surface area contributed by atoms with Crippen LogP contribution in [0.3, 0.4) is 0 Å². The molecule has 2 rings (SSSR count). The van der Waals surface area contributed by atoms with E-state index in [1.807, 2.05) is 49.3 Å². The predicted molar refractivity (Wildman–Crippen MR) is 76.3 cm³/mol. The summed E-state index contributed by atoms with van der Waals surface area (Å²) in [5.41, 5.74) is 8.24. The van der Waals surface area contributed by atoms with Gasteiger partial charge < -0.3 is 10.6 Å². The van der Waals surface area contributed by atoms with Gasteiger partial charge in [0.1, 0.15) is 11.7 Å². The fourth-order valence-electron chi connectivity index (χ4n) is 1.88. The first kappa shape index (κ1) is 13.0. The van der Waals surface area contributed by atoms with Gasteiger partial charge in [0.25, 0.3) is 0 Å². The molecular formula is C14H17N5. The van der Waals surface area contributed by atoms with Gasteiger partial charge in [0.05, 0.1) is 5.56 Å². The van der Waals surface area contributed by atoms with Crippen LogP contribution in [0.25, 0.3) is 0 Å². The largest absolute Gasteiger partial charge is 0.384 e. The zero-order valence-corrected chi connectivity index (χ0v) is 11.1. The molecule has 5 nitrogen and oxygen atoms in total. The molecule has 2 heterocycles. The number of rotatable bonds is 4. The molecule has 0 unspecified atom stereocenters. The van der Waals surface area contributed by atoms with Crippen LogP contribution in [0.5, 0.6) is 0 Å². The van der Waals surface area contributed by atoms with Crippen LogP contribution in [-0.4, -0.2) is 22.9 Å². The molecule has 0 aliphatic carbocycles. The molecule has 0 spiro atoms. The summed E-state index contributed by atoms with van der Waals surface area (Å²) < 4.78 is 0. The summed E-state index contributed by atoms with van der Waals surface area (Å²) >= 11 is 0.